The van der Waals surface area contributed by atoms with Crippen LogP contribution in [0, 0.1) is 0 Å². The largest absolute Gasteiger partial charge is 0.387 e. The number of nitrogens with one attached hydrogen (secondary N) is 1. The number of benzene rings is 1. The van der Waals surface area contributed by atoms with Gasteiger partial charge < -0.3 is 10.4 Å². The van der Waals surface area contributed by atoms with Crippen molar-refractivity contribution >= 4 is 10.8 Å². The molecule has 0 spiro atoms. The van der Waals surface area contributed by atoms with Crippen molar-refractivity contribution in [3.8, 4) is 0 Å². The van der Waals surface area contributed by atoms with Gasteiger partial charge in [-0.3, -0.25) is 4.21 Å². The molecule has 0 aliphatic heterocycles. The van der Waals surface area contributed by atoms with Crippen LogP contribution in [0.25, 0.3) is 0 Å². The molecule has 90 valence electrons. The summed E-state index contributed by atoms with van der Waals surface area (Å²) in [6.45, 7) is 4.61. The van der Waals surface area contributed by atoms with E-state index in [0.29, 0.717) is 12.6 Å². The van der Waals surface area contributed by atoms with Crippen LogP contribution in [-0.4, -0.2) is 28.2 Å². The predicted molar refractivity (Wildman–Crippen MR) is 66.9 cm³/mol. The van der Waals surface area contributed by atoms with E-state index < -0.39 is 16.9 Å². The fourth-order valence-corrected chi connectivity index (χ4v) is 1.87. The number of rotatable bonds is 5. The van der Waals surface area contributed by atoms with Crippen molar-refractivity contribution in [1.29, 1.82) is 0 Å². The fraction of sp³-hybridized carbons (Fsp3) is 0.500. The van der Waals surface area contributed by atoms with E-state index in [0.717, 1.165) is 10.5 Å². The summed E-state index contributed by atoms with van der Waals surface area (Å²) in [6, 6.07) is 7.60. The average molecular weight is 241 g/mol. The first-order valence-electron chi connectivity index (χ1n) is 5.35. The lowest BCUT2D eigenvalue weighted by molar-refractivity contribution is 0.171. The number of hydrogen-bond acceptors (Lipinski definition) is 3. The second kappa shape index (κ2) is 6.13. The molecule has 1 aromatic carbocycles. The Morgan fingerprint density at radius 2 is 1.88 bits per heavy atom. The Morgan fingerprint density at radius 1 is 1.31 bits per heavy atom. The second-order valence-corrected chi connectivity index (χ2v) is 5.48. The highest BCUT2D eigenvalue weighted by Crippen LogP contribution is 2.14. The van der Waals surface area contributed by atoms with Gasteiger partial charge in [0.25, 0.3) is 0 Å². The van der Waals surface area contributed by atoms with Crippen LogP contribution >= 0.6 is 0 Å². The van der Waals surface area contributed by atoms with Gasteiger partial charge in [0.05, 0.1) is 6.10 Å². The van der Waals surface area contributed by atoms with Crippen LogP contribution in [0.3, 0.4) is 0 Å². The van der Waals surface area contributed by atoms with Crippen molar-refractivity contribution in [3.05, 3.63) is 29.8 Å². The van der Waals surface area contributed by atoms with Gasteiger partial charge >= 0.3 is 0 Å². The molecule has 2 atom stereocenters. The Morgan fingerprint density at radius 3 is 2.31 bits per heavy atom. The van der Waals surface area contributed by atoms with Crippen molar-refractivity contribution in [3.63, 3.8) is 0 Å². The van der Waals surface area contributed by atoms with E-state index >= 15 is 0 Å². The molecular formula is C12H19NO2S. The Hall–Kier alpha value is -0.710. The maximum Gasteiger partial charge on any atom is 0.0914 e. The van der Waals surface area contributed by atoms with E-state index in [9.17, 15) is 9.32 Å². The van der Waals surface area contributed by atoms with Gasteiger partial charge in [0.15, 0.2) is 0 Å². The minimum Gasteiger partial charge on any atom is -0.387 e. The highest BCUT2D eigenvalue weighted by atomic mass is 32.2. The summed E-state index contributed by atoms with van der Waals surface area (Å²) in [5.74, 6) is 0. The Bertz CT molecular complexity index is 349. The van der Waals surface area contributed by atoms with Crippen LogP contribution in [0.15, 0.2) is 29.2 Å². The Kier molecular flexibility index (Phi) is 5.12. The van der Waals surface area contributed by atoms with Gasteiger partial charge in [-0.15, -0.1) is 0 Å². The zero-order valence-corrected chi connectivity index (χ0v) is 10.8. The maximum absolute atomic E-state index is 11.2. The Labute approximate surface area is 99.3 Å². The van der Waals surface area contributed by atoms with Crippen LogP contribution in [0.5, 0.6) is 0 Å². The topological polar surface area (TPSA) is 49.3 Å². The van der Waals surface area contributed by atoms with E-state index in [4.69, 9.17) is 0 Å². The standard InChI is InChI=1S/C12H19NO2S/c1-9(2)13-8-12(14)10-4-6-11(7-5-10)16(3)15/h4-7,9,12-14H,8H2,1-3H3. The minimum absolute atomic E-state index is 0.358. The van der Waals surface area contributed by atoms with Gasteiger partial charge in [0.2, 0.25) is 0 Å². The van der Waals surface area contributed by atoms with Crippen molar-refractivity contribution < 1.29 is 9.32 Å². The summed E-state index contributed by atoms with van der Waals surface area (Å²) in [5.41, 5.74) is 0.849. The highest BCUT2D eigenvalue weighted by Gasteiger charge is 2.08. The molecule has 2 N–H and O–H groups in total. The molecule has 1 rings (SSSR count). The van der Waals surface area contributed by atoms with E-state index in [1.165, 1.54) is 0 Å². The third-order valence-electron chi connectivity index (χ3n) is 2.32. The zero-order valence-electron chi connectivity index (χ0n) is 9.93. The first kappa shape index (κ1) is 13.4. The van der Waals surface area contributed by atoms with Gasteiger partial charge in [-0.25, -0.2) is 0 Å². The molecule has 0 aromatic heterocycles. The number of aliphatic hydroxyl groups is 1. The van der Waals surface area contributed by atoms with Crippen LogP contribution in [0.2, 0.25) is 0 Å². The second-order valence-electron chi connectivity index (χ2n) is 4.10. The maximum atomic E-state index is 11.2. The molecule has 1 aromatic rings. The summed E-state index contributed by atoms with van der Waals surface area (Å²) < 4.78 is 11.2. The predicted octanol–water partition coefficient (Wildman–Crippen LogP) is 1.46. The summed E-state index contributed by atoms with van der Waals surface area (Å²) in [4.78, 5) is 0.785. The van der Waals surface area contributed by atoms with Crippen molar-refractivity contribution in [2.45, 2.75) is 30.9 Å². The average Bonchev–Trinajstić information content (AvgIpc) is 2.26. The fourth-order valence-electron chi connectivity index (χ4n) is 1.35. The van der Waals surface area contributed by atoms with E-state index in [2.05, 4.69) is 5.32 Å². The normalized spacial score (nSPS) is 15.1. The molecular weight excluding hydrogens is 222 g/mol. The molecule has 2 unspecified atom stereocenters. The smallest absolute Gasteiger partial charge is 0.0914 e. The monoisotopic (exact) mass is 241 g/mol. The molecule has 0 heterocycles. The summed E-state index contributed by atoms with van der Waals surface area (Å²) in [5, 5.41) is 13.0. The molecule has 16 heavy (non-hydrogen) atoms. The van der Waals surface area contributed by atoms with Gasteiger partial charge in [-0.2, -0.15) is 0 Å². The van der Waals surface area contributed by atoms with E-state index in [1.54, 1.807) is 18.4 Å². The SMILES string of the molecule is CC(C)NCC(O)c1ccc(S(C)=O)cc1. The molecule has 0 fully saturated rings. The van der Waals surface area contributed by atoms with Crippen molar-refractivity contribution in [1.82, 2.24) is 5.32 Å². The number of aliphatic hydroxyl groups excluding tert-OH is 1. The van der Waals surface area contributed by atoms with Crippen LogP contribution in [0.1, 0.15) is 25.5 Å². The van der Waals surface area contributed by atoms with Gasteiger partial charge in [-0.1, -0.05) is 26.0 Å². The quantitative estimate of drug-likeness (QED) is 0.820. The molecule has 0 bridgehead atoms. The lowest BCUT2D eigenvalue weighted by Crippen LogP contribution is -2.27. The van der Waals surface area contributed by atoms with E-state index in [1.807, 2.05) is 26.0 Å². The van der Waals surface area contributed by atoms with Crippen LogP contribution in [0.4, 0.5) is 0 Å². The highest BCUT2D eigenvalue weighted by molar-refractivity contribution is 7.84. The van der Waals surface area contributed by atoms with Gasteiger partial charge in [-0.05, 0) is 17.7 Å². The Balaban J connectivity index is 2.63. The first-order chi connectivity index (χ1) is 7.50. The lowest BCUT2D eigenvalue weighted by Gasteiger charge is -2.14. The third-order valence-corrected chi connectivity index (χ3v) is 3.25. The third kappa shape index (κ3) is 4.04. The van der Waals surface area contributed by atoms with E-state index in [-0.39, 0.29) is 0 Å². The molecule has 0 amide bonds. The summed E-state index contributed by atoms with van der Waals surface area (Å²) in [7, 11) is -0.959. The molecule has 4 heteroatoms. The minimum atomic E-state index is -0.959. The molecule has 3 nitrogen and oxygen atoms in total. The van der Waals surface area contributed by atoms with Crippen LogP contribution in [-0.2, 0) is 10.8 Å². The molecule has 0 saturated carbocycles. The summed E-state index contributed by atoms with van der Waals surface area (Å²) >= 11 is 0. The first-order valence-corrected chi connectivity index (χ1v) is 6.91. The van der Waals surface area contributed by atoms with Gasteiger partial charge in [0, 0.05) is 34.5 Å². The molecule has 0 aliphatic carbocycles. The zero-order chi connectivity index (χ0) is 12.1. The molecule has 0 radical (unpaired) electrons. The van der Waals surface area contributed by atoms with Crippen LogP contribution < -0.4 is 5.32 Å². The molecule has 0 aliphatic rings. The summed E-state index contributed by atoms with van der Waals surface area (Å²) in [6.07, 6.45) is 1.13. The molecule has 0 saturated heterocycles. The number of hydrogen-bond donors (Lipinski definition) is 2. The van der Waals surface area contributed by atoms with Crippen molar-refractivity contribution in [2.24, 2.45) is 0 Å². The lowest BCUT2D eigenvalue weighted by atomic mass is 10.1. The van der Waals surface area contributed by atoms with Crippen molar-refractivity contribution in [2.75, 3.05) is 12.8 Å². The van der Waals surface area contributed by atoms with Gasteiger partial charge in [0.1, 0.15) is 0 Å².